The van der Waals surface area contributed by atoms with E-state index in [1.54, 1.807) is 6.07 Å². The highest BCUT2D eigenvalue weighted by atomic mass is 35.5. The number of ether oxygens (including phenoxy) is 1. The molecule has 2 nitrogen and oxygen atoms in total. The Labute approximate surface area is 98.8 Å². The fourth-order valence-corrected chi connectivity index (χ4v) is 2.14. The topological polar surface area (TPSA) is 22.1 Å². The summed E-state index contributed by atoms with van der Waals surface area (Å²) in [7, 11) is 0. The highest BCUT2D eigenvalue weighted by Gasteiger charge is 2.17. The minimum Gasteiger partial charge on any atom is -0.492 e. The van der Waals surface area contributed by atoms with Crippen molar-refractivity contribution in [3.63, 3.8) is 0 Å². The van der Waals surface area contributed by atoms with Crippen LogP contribution in [-0.4, -0.2) is 11.6 Å². The molecule has 0 saturated heterocycles. The van der Waals surface area contributed by atoms with Crippen molar-refractivity contribution in [3.05, 3.63) is 47.1 Å². The summed E-state index contributed by atoms with van der Waals surface area (Å²) in [5.41, 5.74) is 3.14. The van der Waals surface area contributed by atoms with Crippen molar-refractivity contribution < 1.29 is 4.74 Å². The van der Waals surface area contributed by atoms with Gasteiger partial charge in [-0.2, -0.15) is 0 Å². The van der Waals surface area contributed by atoms with Crippen LogP contribution >= 0.6 is 11.6 Å². The zero-order valence-corrected chi connectivity index (χ0v) is 9.37. The third kappa shape index (κ3) is 1.55. The molecule has 0 radical (unpaired) electrons. The average molecular weight is 232 g/mol. The van der Waals surface area contributed by atoms with Crippen molar-refractivity contribution in [2.75, 3.05) is 6.61 Å². The van der Waals surface area contributed by atoms with E-state index < -0.39 is 0 Å². The lowest BCUT2D eigenvalue weighted by molar-refractivity contribution is 0.358. The molecule has 0 aliphatic carbocycles. The molecule has 0 saturated carbocycles. The van der Waals surface area contributed by atoms with Crippen LogP contribution in [-0.2, 0) is 6.42 Å². The number of halogens is 1. The lowest BCUT2D eigenvalue weighted by Gasteiger charge is -2.07. The van der Waals surface area contributed by atoms with Crippen molar-refractivity contribution in [1.82, 2.24) is 4.98 Å². The fraction of sp³-hybridized carbons (Fsp3) is 0.154. The number of para-hydroxylation sites is 1. The molecule has 0 spiro atoms. The van der Waals surface area contributed by atoms with Crippen LogP contribution in [0.4, 0.5) is 0 Å². The van der Waals surface area contributed by atoms with E-state index in [0.29, 0.717) is 5.15 Å². The molecule has 0 amide bonds. The van der Waals surface area contributed by atoms with E-state index in [4.69, 9.17) is 16.3 Å². The summed E-state index contributed by atoms with van der Waals surface area (Å²) >= 11 is 5.89. The zero-order valence-electron chi connectivity index (χ0n) is 8.61. The highest BCUT2D eigenvalue weighted by Crippen LogP contribution is 2.35. The summed E-state index contributed by atoms with van der Waals surface area (Å²) in [6, 6.07) is 11.8. The Balaban J connectivity index is 2.17. The van der Waals surface area contributed by atoms with Gasteiger partial charge >= 0.3 is 0 Å². The Morgan fingerprint density at radius 3 is 2.88 bits per heavy atom. The second-order valence-corrected chi connectivity index (χ2v) is 4.13. The third-order valence-electron chi connectivity index (χ3n) is 2.71. The number of aromatic nitrogens is 1. The van der Waals surface area contributed by atoms with Crippen LogP contribution in [0.5, 0.6) is 5.75 Å². The van der Waals surface area contributed by atoms with Gasteiger partial charge in [-0.15, -0.1) is 0 Å². The standard InChI is InChI=1S/C13H10ClNO/c14-12-6-2-5-11(15-12)10-4-1-3-9-7-8-16-13(9)10/h1-6H,7-8H2. The van der Waals surface area contributed by atoms with Crippen LogP contribution in [0, 0.1) is 0 Å². The first-order valence-corrected chi connectivity index (χ1v) is 5.60. The van der Waals surface area contributed by atoms with E-state index in [1.807, 2.05) is 24.3 Å². The predicted molar refractivity (Wildman–Crippen MR) is 63.9 cm³/mol. The Bertz CT molecular complexity index is 539. The molecule has 1 aliphatic heterocycles. The Kier molecular flexibility index (Phi) is 2.29. The molecule has 3 rings (SSSR count). The number of rotatable bonds is 1. The molecule has 2 aromatic rings. The van der Waals surface area contributed by atoms with Crippen molar-refractivity contribution in [2.45, 2.75) is 6.42 Å². The van der Waals surface area contributed by atoms with Gasteiger partial charge in [0.15, 0.2) is 0 Å². The molecular weight excluding hydrogens is 222 g/mol. The summed E-state index contributed by atoms with van der Waals surface area (Å²) < 4.78 is 5.64. The quantitative estimate of drug-likeness (QED) is 0.703. The molecule has 3 heteroatoms. The van der Waals surface area contributed by atoms with Gasteiger partial charge in [0.1, 0.15) is 10.9 Å². The van der Waals surface area contributed by atoms with Crippen molar-refractivity contribution in [3.8, 4) is 17.0 Å². The first kappa shape index (κ1) is 9.67. The van der Waals surface area contributed by atoms with E-state index in [9.17, 15) is 0 Å². The van der Waals surface area contributed by atoms with Crippen LogP contribution in [0.25, 0.3) is 11.3 Å². The van der Waals surface area contributed by atoms with Gasteiger partial charge in [0.25, 0.3) is 0 Å². The molecule has 2 heterocycles. The number of nitrogens with zero attached hydrogens (tertiary/aromatic N) is 1. The van der Waals surface area contributed by atoms with Gasteiger partial charge in [0, 0.05) is 12.0 Å². The molecule has 1 aromatic carbocycles. The van der Waals surface area contributed by atoms with E-state index in [2.05, 4.69) is 11.1 Å². The van der Waals surface area contributed by atoms with Gasteiger partial charge in [0.05, 0.1) is 12.3 Å². The van der Waals surface area contributed by atoms with E-state index >= 15 is 0 Å². The molecule has 1 aromatic heterocycles. The number of hydrogen-bond donors (Lipinski definition) is 0. The number of pyridine rings is 1. The van der Waals surface area contributed by atoms with E-state index in [1.165, 1.54) is 5.56 Å². The van der Waals surface area contributed by atoms with Gasteiger partial charge in [0.2, 0.25) is 0 Å². The van der Waals surface area contributed by atoms with Crippen LogP contribution in [0.3, 0.4) is 0 Å². The number of hydrogen-bond acceptors (Lipinski definition) is 2. The fourth-order valence-electron chi connectivity index (χ4n) is 1.98. The highest BCUT2D eigenvalue weighted by molar-refractivity contribution is 6.29. The van der Waals surface area contributed by atoms with Crippen LogP contribution in [0.1, 0.15) is 5.56 Å². The Morgan fingerprint density at radius 1 is 1.12 bits per heavy atom. The van der Waals surface area contributed by atoms with Gasteiger partial charge in [-0.1, -0.05) is 29.8 Å². The number of fused-ring (bicyclic) bond motifs is 1. The zero-order chi connectivity index (χ0) is 11.0. The lowest BCUT2D eigenvalue weighted by Crippen LogP contribution is -1.90. The molecule has 0 fully saturated rings. The van der Waals surface area contributed by atoms with Crippen molar-refractivity contribution >= 4 is 11.6 Å². The molecule has 0 unspecified atom stereocenters. The summed E-state index contributed by atoms with van der Waals surface area (Å²) in [5.74, 6) is 0.956. The minimum atomic E-state index is 0.508. The maximum absolute atomic E-state index is 5.89. The van der Waals surface area contributed by atoms with Gasteiger partial charge < -0.3 is 4.74 Å². The minimum absolute atomic E-state index is 0.508. The average Bonchev–Trinajstić information content (AvgIpc) is 2.76. The largest absolute Gasteiger partial charge is 0.492 e. The van der Waals surface area contributed by atoms with Crippen LogP contribution < -0.4 is 4.74 Å². The Hall–Kier alpha value is -1.54. The summed E-state index contributed by atoms with van der Waals surface area (Å²) in [5, 5.41) is 0.508. The molecule has 0 bridgehead atoms. The SMILES string of the molecule is Clc1cccc(-c2cccc3c2OCC3)n1. The first-order valence-electron chi connectivity index (χ1n) is 5.22. The second kappa shape index (κ2) is 3.80. The van der Waals surface area contributed by atoms with Gasteiger partial charge in [-0.3, -0.25) is 0 Å². The van der Waals surface area contributed by atoms with Gasteiger partial charge in [-0.05, 0) is 23.8 Å². The van der Waals surface area contributed by atoms with Crippen LogP contribution in [0.15, 0.2) is 36.4 Å². The molecule has 1 aliphatic rings. The van der Waals surface area contributed by atoms with E-state index in [0.717, 1.165) is 30.0 Å². The lowest BCUT2D eigenvalue weighted by atomic mass is 10.1. The Morgan fingerprint density at radius 2 is 2.00 bits per heavy atom. The predicted octanol–water partition coefficient (Wildman–Crippen LogP) is 3.34. The van der Waals surface area contributed by atoms with Crippen molar-refractivity contribution in [1.29, 1.82) is 0 Å². The maximum Gasteiger partial charge on any atom is 0.132 e. The summed E-state index contributed by atoms with van der Waals surface area (Å²) in [6.07, 6.45) is 0.976. The third-order valence-corrected chi connectivity index (χ3v) is 2.92. The van der Waals surface area contributed by atoms with E-state index in [-0.39, 0.29) is 0 Å². The second-order valence-electron chi connectivity index (χ2n) is 3.74. The summed E-state index contributed by atoms with van der Waals surface area (Å²) in [4.78, 5) is 4.31. The monoisotopic (exact) mass is 231 g/mol. The smallest absolute Gasteiger partial charge is 0.132 e. The maximum atomic E-state index is 5.89. The number of benzene rings is 1. The summed E-state index contributed by atoms with van der Waals surface area (Å²) in [6.45, 7) is 0.757. The molecular formula is C13H10ClNO. The molecule has 0 atom stereocenters. The molecule has 16 heavy (non-hydrogen) atoms. The first-order chi connectivity index (χ1) is 7.84. The van der Waals surface area contributed by atoms with Crippen molar-refractivity contribution in [2.24, 2.45) is 0 Å². The van der Waals surface area contributed by atoms with Crippen LogP contribution in [0.2, 0.25) is 5.15 Å². The molecule has 80 valence electrons. The van der Waals surface area contributed by atoms with Gasteiger partial charge in [-0.25, -0.2) is 4.98 Å². The molecule has 0 N–H and O–H groups in total. The normalized spacial score (nSPS) is 13.3.